The smallest absolute Gasteiger partial charge is 0.229 e. The molecule has 2 aromatic heterocycles. The minimum Gasteiger partial charge on any atom is -0.496 e. The molecule has 0 radical (unpaired) electrons. The van der Waals surface area contributed by atoms with Crippen LogP contribution in [0.15, 0.2) is 61.2 Å². The molecule has 3 heterocycles. The molecule has 0 spiro atoms. The Hall–Kier alpha value is -4.11. The van der Waals surface area contributed by atoms with E-state index in [0.717, 1.165) is 18.8 Å². The normalized spacial score (nSPS) is 14.6. The number of carbonyl (C=O) groups excluding carboxylic acids is 1. The van der Waals surface area contributed by atoms with E-state index in [9.17, 15) is 4.79 Å². The van der Waals surface area contributed by atoms with Crippen LogP contribution in [0.1, 0.15) is 17.0 Å². The Labute approximate surface area is 201 Å². The first kappa shape index (κ1) is 22.7. The van der Waals surface area contributed by atoms with Crippen LogP contribution in [0.4, 0.5) is 10.1 Å². The monoisotopic (exact) mass is 473 g/mol. The number of ether oxygens (including phenoxy) is 2. The van der Waals surface area contributed by atoms with Crippen molar-refractivity contribution in [3.05, 3.63) is 78.1 Å². The highest BCUT2D eigenvalue weighted by atomic mass is 19.1. The van der Waals surface area contributed by atoms with Crippen LogP contribution in [-0.4, -0.2) is 54.3 Å². The number of benzene rings is 2. The maximum Gasteiger partial charge on any atom is 0.229 e. The van der Waals surface area contributed by atoms with Gasteiger partial charge in [-0.25, -0.2) is 14.4 Å². The van der Waals surface area contributed by atoms with Gasteiger partial charge >= 0.3 is 0 Å². The fourth-order valence-corrected chi connectivity index (χ4v) is 4.48. The van der Waals surface area contributed by atoms with Crippen LogP contribution < -0.4 is 15.4 Å². The van der Waals surface area contributed by atoms with Crippen molar-refractivity contribution >= 4 is 22.5 Å². The van der Waals surface area contributed by atoms with E-state index in [-0.39, 0.29) is 11.3 Å². The second kappa shape index (κ2) is 9.63. The average Bonchev–Trinajstić information content (AvgIpc) is 2.89. The van der Waals surface area contributed by atoms with Crippen LogP contribution in [0.3, 0.4) is 0 Å². The fourth-order valence-electron chi connectivity index (χ4n) is 4.48. The Balaban J connectivity index is 1.64. The highest BCUT2D eigenvalue weighted by Gasteiger charge is 2.27. The third-order valence-corrected chi connectivity index (χ3v) is 6.18. The van der Waals surface area contributed by atoms with Crippen LogP contribution in [-0.2, 0) is 9.53 Å². The number of pyridine rings is 1. The number of fused-ring (bicyclic) bond motifs is 1. The van der Waals surface area contributed by atoms with Gasteiger partial charge in [0.15, 0.2) is 0 Å². The number of aromatic nitrogens is 3. The quantitative estimate of drug-likeness (QED) is 0.458. The molecule has 1 unspecified atom stereocenters. The molecule has 1 saturated heterocycles. The predicted molar refractivity (Wildman–Crippen MR) is 130 cm³/mol. The minimum atomic E-state index is -0.876. The predicted octanol–water partition coefficient (Wildman–Crippen LogP) is 3.29. The summed E-state index contributed by atoms with van der Waals surface area (Å²) in [6, 6.07) is 12.1. The van der Waals surface area contributed by atoms with Crippen molar-refractivity contribution in [3.63, 3.8) is 0 Å². The third kappa shape index (κ3) is 4.38. The topological polar surface area (TPSA) is 103 Å². The molecule has 1 atom stereocenters. The summed E-state index contributed by atoms with van der Waals surface area (Å²) in [6.07, 6.45) is 4.58. The molecule has 2 N–H and O–H groups in total. The lowest BCUT2D eigenvalue weighted by molar-refractivity contribution is -0.118. The molecule has 1 aliphatic heterocycles. The first-order valence-corrected chi connectivity index (χ1v) is 11.2. The highest BCUT2D eigenvalue weighted by molar-refractivity contribution is 5.95. The zero-order chi connectivity index (χ0) is 24.4. The van der Waals surface area contributed by atoms with Gasteiger partial charge in [-0.05, 0) is 35.9 Å². The Bertz CT molecular complexity index is 1380. The lowest BCUT2D eigenvalue weighted by Gasteiger charge is -2.29. The van der Waals surface area contributed by atoms with Gasteiger partial charge in [0.25, 0.3) is 0 Å². The Morgan fingerprint density at radius 1 is 1.17 bits per heavy atom. The van der Waals surface area contributed by atoms with Gasteiger partial charge in [-0.1, -0.05) is 6.07 Å². The number of primary amides is 1. The fraction of sp³-hybridized carbons (Fsp3) is 0.231. The largest absolute Gasteiger partial charge is 0.496 e. The molecule has 5 rings (SSSR count). The minimum absolute atomic E-state index is 0.215. The summed E-state index contributed by atoms with van der Waals surface area (Å²) in [6.45, 7) is 2.93. The number of carbonyl (C=O) groups is 1. The number of hydrogen-bond donors (Lipinski definition) is 1. The number of nitrogens with two attached hydrogens (primary N) is 1. The first-order valence-electron chi connectivity index (χ1n) is 11.2. The molecule has 9 heteroatoms. The number of nitrogens with zero attached hydrogens (tertiary/aromatic N) is 4. The lowest BCUT2D eigenvalue weighted by atomic mass is 9.89. The van der Waals surface area contributed by atoms with Gasteiger partial charge in [0.2, 0.25) is 5.91 Å². The van der Waals surface area contributed by atoms with Gasteiger partial charge < -0.3 is 20.1 Å². The van der Waals surface area contributed by atoms with E-state index >= 15 is 4.39 Å². The summed E-state index contributed by atoms with van der Waals surface area (Å²) in [5.41, 5.74) is 9.14. The highest BCUT2D eigenvalue weighted by Crippen LogP contribution is 2.38. The number of hydrogen-bond acceptors (Lipinski definition) is 7. The van der Waals surface area contributed by atoms with Crippen molar-refractivity contribution in [2.45, 2.75) is 5.92 Å². The molecule has 1 fully saturated rings. The van der Waals surface area contributed by atoms with Gasteiger partial charge in [-0.2, -0.15) is 0 Å². The Morgan fingerprint density at radius 3 is 2.71 bits per heavy atom. The van der Waals surface area contributed by atoms with Crippen LogP contribution in [0.25, 0.3) is 22.2 Å². The molecule has 4 aromatic rings. The maximum atomic E-state index is 15.4. The molecule has 0 aliphatic carbocycles. The van der Waals surface area contributed by atoms with Crippen LogP contribution in [0, 0.1) is 5.82 Å². The maximum absolute atomic E-state index is 15.4. The van der Waals surface area contributed by atoms with Crippen LogP contribution in [0.2, 0.25) is 0 Å². The van der Waals surface area contributed by atoms with Gasteiger partial charge in [-0.3, -0.25) is 9.78 Å². The van der Waals surface area contributed by atoms with E-state index in [0.29, 0.717) is 40.9 Å². The average molecular weight is 474 g/mol. The number of amides is 1. The van der Waals surface area contributed by atoms with Crippen molar-refractivity contribution in [2.24, 2.45) is 5.73 Å². The zero-order valence-electron chi connectivity index (χ0n) is 19.1. The van der Waals surface area contributed by atoms with E-state index in [4.69, 9.17) is 15.2 Å². The summed E-state index contributed by atoms with van der Waals surface area (Å²) in [7, 11) is 1.42. The number of morpholine rings is 1. The SMILES string of the molecule is COc1cc(F)c(-c2ncnc3cc(N4CCOCC4)ccc23)cc1C(C(N)=O)c1cccnc1. The molecule has 8 nitrogen and oxygen atoms in total. The molecular formula is C26H24FN5O3. The first-order chi connectivity index (χ1) is 17.1. The molecular weight excluding hydrogens is 449 g/mol. The van der Waals surface area contributed by atoms with Crippen molar-refractivity contribution in [1.82, 2.24) is 15.0 Å². The van der Waals surface area contributed by atoms with Crippen molar-refractivity contribution in [3.8, 4) is 17.0 Å². The van der Waals surface area contributed by atoms with Gasteiger partial charge in [0, 0.05) is 53.8 Å². The molecule has 1 amide bonds. The van der Waals surface area contributed by atoms with E-state index in [2.05, 4.69) is 19.9 Å². The lowest BCUT2D eigenvalue weighted by Crippen LogP contribution is -2.36. The number of rotatable bonds is 6. The van der Waals surface area contributed by atoms with E-state index in [1.807, 2.05) is 18.2 Å². The summed E-state index contributed by atoms with van der Waals surface area (Å²) in [4.78, 5) is 27.7. The summed E-state index contributed by atoms with van der Waals surface area (Å²) >= 11 is 0. The van der Waals surface area contributed by atoms with Gasteiger partial charge in [-0.15, -0.1) is 0 Å². The van der Waals surface area contributed by atoms with E-state index in [1.54, 1.807) is 30.6 Å². The number of halogens is 1. The zero-order valence-corrected chi connectivity index (χ0v) is 19.1. The summed E-state index contributed by atoms with van der Waals surface area (Å²) in [5.74, 6) is -1.79. The molecule has 0 bridgehead atoms. The second-order valence-corrected chi connectivity index (χ2v) is 8.22. The Kier molecular flexibility index (Phi) is 6.24. The van der Waals surface area contributed by atoms with Crippen molar-refractivity contribution in [2.75, 3.05) is 38.3 Å². The molecule has 35 heavy (non-hydrogen) atoms. The molecule has 178 valence electrons. The summed E-state index contributed by atoms with van der Waals surface area (Å²) < 4.78 is 26.2. The van der Waals surface area contributed by atoms with Crippen molar-refractivity contribution < 1.29 is 18.7 Å². The molecule has 1 aliphatic rings. The molecule has 0 saturated carbocycles. The number of anilines is 1. The summed E-state index contributed by atoms with van der Waals surface area (Å²) in [5, 5.41) is 0.691. The van der Waals surface area contributed by atoms with Crippen molar-refractivity contribution in [1.29, 1.82) is 0 Å². The van der Waals surface area contributed by atoms with E-state index < -0.39 is 17.6 Å². The Morgan fingerprint density at radius 2 is 2.00 bits per heavy atom. The van der Waals surface area contributed by atoms with Crippen LogP contribution >= 0.6 is 0 Å². The standard InChI is InChI=1S/C26H24FN5O3/c1-34-23-13-21(27)19(12-20(23)24(26(28)33)16-3-2-6-29-14-16)25-18-5-4-17(11-22(18)30-15-31-25)32-7-9-35-10-8-32/h2-6,11-15,24H,7-10H2,1H3,(H2,28,33). The van der Waals surface area contributed by atoms with Gasteiger partial charge in [0.1, 0.15) is 17.9 Å². The van der Waals surface area contributed by atoms with E-state index in [1.165, 1.54) is 19.5 Å². The second-order valence-electron chi connectivity index (χ2n) is 8.22. The van der Waals surface area contributed by atoms with Gasteiger partial charge in [0.05, 0.1) is 37.5 Å². The van der Waals surface area contributed by atoms with Crippen LogP contribution in [0.5, 0.6) is 5.75 Å². The third-order valence-electron chi connectivity index (χ3n) is 6.18. The molecule has 2 aromatic carbocycles. The number of methoxy groups -OCH3 is 1.